The lowest BCUT2D eigenvalue weighted by atomic mass is 10.2. The molecule has 5 N–H and O–H groups in total. The van der Waals surface area contributed by atoms with Gasteiger partial charge in [-0.1, -0.05) is 12.1 Å². The molecule has 1 atom stereocenters. The second-order valence-corrected chi connectivity index (χ2v) is 5.29. The molecule has 2 aromatic heterocycles. The van der Waals surface area contributed by atoms with Crippen LogP contribution < -0.4 is 16.6 Å². The summed E-state index contributed by atoms with van der Waals surface area (Å²) >= 11 is 1.56. The molecule has 3 aromatic rings. The van der Waals surface area contributed by atoms with Gasteiger partial charge in [-0.2, -0.15) is 16.3 Å². The largest absolute Gasteiger partial charge is 0.387 e. The number of hydrogen-bond acceptors (Lipinski definition) is 7. The number of hydrogen-bond donors (Lipinski definition) is 4. The highest BCUT2D eigenvalue weighted by Gasteiger charge is 2.11. The number of aliphatic hydroxyl groups is 1. The van der Waals surface area contributed by atoms with E-state index in [0.717, 1.165) is 16.5 Å². The summed E-state index contributed by atoms with van der Waals surface area (Å²) in [5.41, 5.74) is 4.13. The van der Waals surface area contributed by atoms with Gasteiger partial charge < -0.3 is 10.4 Å². The molecule has 1 aromatic carbocycles. The highest BCUT2D eigenvalue weighted by molar-refractivity contribution is 7.07. The molecule has 6 nitrogen and oxygen atoms in total. The van der Waals surface area contributed by atoms with Crippen LogP contribution in [-0.2, 0) is 0 Å². The van der Waals surface area contributed by atoms with Crippen LogP contribution in [0.5, 0.6) is 0 Å². The minimum absolute atomic E-state index is 0.334. The minimum Gasteiger partial charge on any atom is -0.387 e. The second-order valence-electron chi connectivity index (χ2n) is 4.51. The zero-order valence-corrected chi connectivity index (χ0v) is 12.0. The van der Waals surface area contributed by atoms with E-state index in [1.165, 1.54) is 0 Å². The third kappa shape index (κ3) is 2.94. The SMILES string of the molecule is NNc1nc(NCC(O)c2ccsc2)c2ccccc2n1. The van der Waals surface area contributed by atoms with E-state index in [1.54, 1.807) is 11.3 Å². The molecular weight excluding hydrogens is 286 g/mol. The van der Waals surface area contributed by atoms with Gasteiger partial charge in [0, 0.05) is 11.9 Å². The molecule has 7 heteroatoms. The molecule has 2 heterocycles. The van der Waals surface area contributed by atoms with Crippen LogP contribution in [-0.4, -0.2) is 21.6 Å². The van der Waals surface area contributed by atoms with E-state index in [9.17, 15) is 5.11 Å². The van der Waals surface area contributed by atoms with Crippen LogP contribution in [0.1, 0.15) is 11.7 Å². The number of rotatable bonds is 5. The zero-order chi connectivity index (χ0) is 14.7. The summed E-state index contributed by atoms with van der Waals surface area (Å²) in [5, 5.41) is 18.0. The summed E-state index contributed by atoms with van der Waals surface area (Å²) in [6.07, 6.45) is -0.584. The minimum atomic E-state index is -0.584. The summed E-state index contributed by atoms with van der Waals surface area (Å²) in [6.45, 7) is 0.363. The van der Waals surface area contributed by atoms with Gasteiger partial charge in [-0.25, -0.2) is 10.8 Å². The number of benzene rings is 1. The van der Waals surface area contributed by atoms with Crippen molar-refractivity contribution in [2.45, 2.75) is 6.10 Å². The fourth-order valence-electron chi connectivity index (χ4n) is 2.05. The molecule has 3 rings (SSSR count). The average Bonchev–Trinajstić information content (AvgIpc) is 3.06. The van der Waals surface area contributed by atoms with Crippen molar-refractivity contribution in [1.82, 2.24) is 9.97 Å². The Kier molecular flexibility index (Phi) is 3.96. The molecule has 0 bridgehead atoms. The Morgan fingerprint density at radius 2 is 2.10 bits per heavy atom. The fraction of sp³-hybridized carbons (Fsp3) is 0.143. The highest BCUT2D eigenvalue weighted by atomic mass is 32.1. The van der Waals surface area contributed by atoms with E-state index in [2.05, 4.69) is 20.7 Å². The number of para-hydroxylation sites is 1. The third-order valence-electron chi connectivity index (χ3n) is 3.12. The Morgan fingerprint density at radius 3 is 2.86 bits per heavy atom. The van der Waals surface area contributed by atoms with Gasteiger partial charge in [0.05, 0.1) is 11.6 Å². The van der Waals surface area contributed by atoms with E-state index >= 15 is 0 Å². The van der Waals surface area contributed by atoms with E-state index in [1.807, 2.05) is 41.1 Å². The number of hydrazine groups is 1. The van der Waals surface area contributed by atoms with Crippen LogP contribution in [0.25, 0.3) is 10.9 Å². The Labute approximate surface area is 125 Å². The van der Waals surface area contributed by atoms with E-state index in [-0.39, 0.29) is 0 Å². The van der Waals surface area contributed by atoms with Crippen LogP contribution >= 0.6 is 11.3 Å². The van der Waals surface area contributed by atoms with Gasteiger partial charge in [-0.3, -0.25) is 5.43 Å². The van der Waals surface area contributed by atoms with Crippen molar-refractivity contribution < 1.29 is 5.11 Å². The fourth-order valence-corrected chi connectivity index (χ4v) is 2.76. The normalized spacial score (nSPS) is 12.3. The van der Waals surface area contributed by atoms with Gasteiger partial charge in [0.1, 0.15) is 5.82 Å². The van der Waals surface area contributed by atoms with Crippen LogP contribution in [0.3, 0.4) is 0 Å². The Bertz CT molecular complexity index is 731. The topological polar surface area (TPSA) is 96.1 Å². The molecule has 0 saturated carbocycles. The van der Waals surface area contributed by atoms with Crippen molar-refractivity contribution in [3.63, 3.8) is 0 Å². The summed E-state index contributed by atoms with van der Waals surface area (Å²) in [4.78, 5) is 8.59. The molecule has 0 radical (unpaired) electrons. The van der Waals surface area contributed by atoms with Gasteiger partial charge >= 0.3 is 0 Å². The Morgan fingerprint density at radius 1 is 1.24 bits per heavy atom. The lowest BCUT2D eigenvalue weighted by Crippen LogP contribution is -2.15. The molecule has 21 heavy (non-hydrogen) atoms. The van der Waals surface area contributed by atoms with Crippen molar-refractivity contribution in [2.24, 2.45) is 5.84 Å². The van der Waals surface area contributed by atoms with Gasteiger partial charge in [0.2, 0.25) is 5.95 Å². The lowest BCUT2D eigenvalue weighted by molar-refractivity contribution is 0.192. The van der Waals surface area contributed by atoms with E-state index in [0.29, 0.717) is 18.3 Å². The van der Waals surface area contributed by atoms with Crippen LogP contribution in [0.2, 0.25) is 0 Å². The van der Waals surface area contributed by atoms with E-state index < -0.39 is 6.10 Å². The van der Waals surface area contributed by atoms with Crippen molar-refractivity contribution in [1.29, 1.82) is 0 Å². The lowest BCUT2D eigenvalue weighted by Gasteiger charge is -2.13. The number of nitrogens with zero attached hydrogens (tertiary/aromatic N) is 2. The monoisotopic (exact) mass is 301 g/mol. The molecule has 0 saturated heterocycles. The highest BCUT2D eigenvalue weighted by Crippen LogP contribution is 2.23. The first-order valence-electron chi connectivity index (χ1n) is 6.45. The van der Waals surface area contributed by atoms with Crippen molar-refractivity contribution in [3.05, 3.63) is 46.7 Å². The predicted octanol–water partition coefficient (Wildman–Crippen LogP) is 2.12. The van der Waals surface area contributed by atoms with Crippen LogP contribution in [0, 0.1) is 0 Å². The van der Waals surface area contributed by atoms with Gasteiger partial charge in [-0.05, 0) is 34.5 Å². The standard InChI is InChI=1S/C14H15N5OS/c15-19-14-17-11-4-2-1-3-10(11)13(18-14)16-7-12(20)9-5-6-21-8-9/h1-6,8,12,20H,7,15H2,(H2,16,17,18,19). The third-order valence-corrected chi connectivity index (χ3v) is 3.82. The zero-order valence-electron chi connectivity index (χ0n) is 11.2. The van der Waals surface area contributed by atoms with E-state index in [4.69, 9.17) is 5.84 Å². The first-order valence-corrected chi connectivity index (χ1v) is 7.39. The van der Waals surface area contributed by atoms with Crippen molar-refractivity contribution in [2.75, 3.05) is 17.3 Å². The number of aromatic nitrogens is 2. The van der Waals surface area contributed by atoms with Gasteiger partial charge in [0.25, 0.3) is 0 Å². The maximum atomic E-state index is 10.1. The molecular formula is C14H15N5OS. The van der Waals surface area contributed by atoms with Crippen LogP contribution in [0.15, 0.2) is 41.1 Å². The number of nitrogens with one attached hydrogen (secondary N) is 2. The average molecular weight is 301 g/mol. The molecule has 0 aliphatic heterocycles. The van der Waals surface area contributed by atoms with Crippen molar-refractivity contribution >= 4 is 34.0 Å². The van der Waals surface area contributed by atoms with Crippen LogP contribution in [0.4, 0.5) is 11.8 Å². The Hall–Kier alpha value is -2.22. The molecule has 0 aliphatic rings. The molecule has 1 unspecified atom stereocenters. The number of aliphatic hydroxyl groups excluding tert-OH is 1. The molecule has 0 fully saturated rings. The maximum absolute atomic E-state index is 10.1. The molecule has 108 valence electrons. The summed E-state index contributed by atoms with van der Waals surface area (Å²) in [5.74, 6) is 6.37. The second kappa shape index (κ2) is 6.04. The number of nitrogens with two attached hydrogens (primary N) is 1. The quantitative estimate of drug-likeness (QED) is 0.426. The maximum Gasteiger partial charge on any atom is 0.239 e. The number of thiophene rings is 1. The first-order chi connectivity index (χ1) is 10.3. The predicted molar refractivity (Wildman–Crippen MR) is 85.1 cm³/mol. The van der Waals surface area contributed by atoms with Gasteiger partial charge in [0.15, 0.2) is 0 Å². The van der Waals surface area contributed by atoms with Crippen molar-refractivity contribution in [3.8, 4) is 0 Å². The molecule has 0 amide bonds. The first kappa shape index (κ1) is 13.7. The molecule has 0 spiro atoms. The summed E-state index contributed by atoms with van der Waals surface area (Å²) < 4.78 is 0. The number of anilines is 2. The smallest absolute Gasteiger partial charge is 0.239 e. The Balaban J connectivity index is 1.85. The number of nitrogen functional groups attached to an aromatic ring is 1. The molecule has 0 aliphatic carbocycles. The number of fused-ring (bicyclic) bond motifs is 1. The van der Waals surface area contributed by atoms with Gasteiger partial charge in [-0.15, -0.1) is 0 Å². The summed E-state index contributed by atoms with van der Waals surface area (Å²) in [7, 11) is 0. The summed E-state index contributed by atoms with van der Waals surface area (Å²) in [6, 6.07) is 9.54.